The predicted molar refractivity (Wildman–Crippen MR) is 57.1 cm³/mol. The Morgan fingerprint density at radius 2 is 1.94 bits per heavy atom. The molecule has 1 unspecified atom stereocenters. The van der Waals surface area contributed by atoms with Gasteiger partial charge >= 0.3 is 0 Å². The van der Waals surface area contributed by atoms with Gasteiger partial charge in [0.25, 0.3) is 0 Å². The standard InChI is InChI=1S/C10H19NO6/c1-5(13)2-3-11-7-9(15)8(14)6(4-12)17-10(7)16/h6-12,14-16H,2-4H2,1H3/t6-,7-,8+,9-,10?/m1/s1. The molecule has 1 heterocycles. The number of ketones is 1. The predicted octanol–water partition coefficient (Wildman–Crippen LogP) is -2.64. The van der Waals surface area contributed by atoms with Gasteiger partial charge in [0.2, 0.25) is 0 Å². The van der Waals surface area contributed by atoms with Gasteiger partial charge < -0.3 is 30.5 Å². The second-order valence-corrected chi connectivity index (χ2v) is 4.16. The van der Waals surface area contributed by atoms with E-state index in [0.717, 1.165) is 0 Å². The Labute approximate surface area is 99.0 Å². The molecule has 0 radical (unpaired) electrons. The Kier molecular flexibility index (Phi) is 5.44. The van der Waals surface area contributed by atoms with E-state index in [1.54, 1.807) is 0 Å². The topological polar surface area (TPSA) is 119 Å². The van der Waals surface area contributed by atoms with Crippen LogP contribution in [0, 0.1) is 0 Å². The van der Waals surface area contributed by atoms with Crippen molar-refractivity contribution in [2.24, 2.45) is 0 Å². The molecule has 1 aliphatic heterocycles. The highest BCUT2D eigenvalue weighted by Gasteiger charge is 2.43. The fourth-order valence-electron chi connectivity index (χ4n) is 1.73. The van der Waals surface area contributed by atoms with E-state index in [0.29, 0.717) is 0 Å². The van der Waals surface area contributed by atoms with Crippen molar-refractivity contribution in [3.05, 3.63) is 0 Å². The van der Waals surface area contributed by atoms with Gasteiger partial charge in [0.05, 0.1) is 12.6 Å². The molecule has 5 atom stereocenters. The average molecular weight is 249 g/mol. The van der Waals surface area contributed by atoms with E-state index in [9.17, 15) is 20.1 Å². The van der Waals surface area contributed by atoms with Crippen molar-refractivity contribution in [1.82, 2.24) is 5.32 Å². The lowest BCUT2D eigenvalue weighted by atomic mass is 9.97. The van der Waals surface area contributed by atoms with Gasteiger partial charge in [-0.05, 0) is 6.92 Å². The molecule has 7 heteroatoms. The fourth-order valence-corrected chi connectivity index (χ4v) is 1.73. The van der Waals surface area contributed by atoms with Crippen molar-refractivity contribution < 1.29 is 30.0 Å². The van der Waals surface area contributed by atoms with Crippen molar-refractivity contribution in [3.63, 3.8) is 0 Å². The number of aliphatic hydroxyl groups is 4. The Hall–Kier alpha value is -0.570. The van der Waals surface area contributed by atoms with Gasteiger partial charge in [-0.25, -0.2) is 0 Å². The summed E-state index contributed by atoms with van der Waals surface area (Å²) in [5, 5.41) is 40.5. The number of hydrogen-bond acceptors (Lipinski definition) is 7. The number of Topliss-reactive ketones (excluding diaryl/α,β-unsaturated/α-hetero) is 1. The fraction of sp³-hybridized carbons (Fsp3) is 0.900. The van der Waals surface area contributed by atoms with Gasteiger partial charge in [-0.3, -0.25) is 4.79 Å². The van der Waals surface area contributed by atoms with E-state index in [-0.39, 0.29) is 18.7 Å². The molecule has 5 N–H and O–H groups in total. The van der Waals surface area contributed by atoms with Crippen LogP contribution < -0.4 is 5.32 Å². The minimum absolute atomic E-state index is 0.0213. The normalized spacial score (nSPS) is 38.1. The lowest BCUT2D eigenvalue weighted by Crippen LogP contribution is -2.63. The zero-order valence-electron chi connectivity index (χ0n) is 9.61. The SMILES string of the molecule is CC(=O)CCN[C@H]1C(O)O[C@H](CO)[C@H](O)[C@@H]1O. The number of rotatable bonds is 5. The molecule has 0 aromatic rings. The minimum Gasteiger partial charge on any atom is -0.394 e. The molecule has 1 rings (SSSR count). The number of nitrogens with one attached hydrogen (secondary N) is 1. The first-order valence-electron chi connectivity index (χ1n) is 5.50. The number of aliphatic hydroxyl groups excluding tert-OH is 4. The van der Waals surface area contributed by atoms with Gasteiger partial charge in [0, 0.05) is 13.0 Å². The third-order valence-corrected chi connectivity index (χ3v) is 2.76. The van der Waals surface area contributed by atoms with Crippen molar-refractivity contribution in [1.29, 1.82) is 0 Å². The lowest BCUT2D eigenvalue weighted by molar-refractivity contribution is -0.254. The summed E-state index contributed by atoms with van der Waals surface area (Å²) in [5.41, 5.74) is 0. The van der Waals surface area contributed by atoms with Crippen LogP contribution in [0.4, 0.5) is 0 Å². The van der Waals surface area contributed by atoms with Gasteiger partial charge in [0.15, 0.2) is 6.29 Å². The summed E-state index contributed by atoms with van der Waals surface area (Å²) in [6, 6.07) is -0.882. The van der Waals surface area contributed by atoms with E-state index >= 15 is 0 Å². The molecule has 1 fully saturated rings. The van der Waals surface area contributed by atoms with Gasteiger partial charge in [-0.2, -0.15) is 0 Å². The molecule has 0 amide bonds. The van der Waals surface area contributed by atoms with E-state index in [1.807, 2.05) is 0 Å². The first-order chi connectivity index (χ1) is 7.97. The Bertz CT molecular complexity index is 261. The largest absolute Gasteiger partial charge is 0.394 e. The zero-order chi connectivity index (χ0) is 13.0. The first-order valence-corrected chi connectivity index (χ1v) is 5.50. The molecule has 7 nitrogen and oxygen atoms in total. The van der Waals surface area contributed by atoms with Crippen LogP contribution in [-0.4, -0.2) is 70.0 Å². The Balaban J connectivity index is 2.51. The Morgan fingerprint density at radius 3 is 2.47 bits per heavy atom. The summed E-state index contributed by atoms with van der Waals surface area (Å²) in [7, 11) is 0. The summed E-state index contributed by atoms with van der Waals surface area (Å²) < 4.78 is 4.94. The number of hydrogen-bond donors (Lipinski definition) is 5. The van der Waals surface area contributed by atoms with Gasteiger partial charge in [-0.1, -0.05) is 0 Å². The van der Waals surface area contributed by atoms with Gasteiger partial charge in [0.1, 0.15) is 24.1 Å². The molecular weight excluding hydrogens is 230 g/mol. The second-order valence-electron chi connectivity index (χ2n) is 4.16. The van der Waals surface area contributed by atoms with E-state index in [2.05, 4.69) is 5.32 Å². The zero-order valence-corrected chi connectivity index (χ0v) is 9.61. The number of carbonyl (C=O) groups is 1. The molecule has 1 aliphatic rings. The van der Waals surface area contributed by atoms with Crippen LogP contribution in [-0.2, 0) is 9.53 Å². The monoisotopic (exact) mass is 249 g/mol. The van der Waals surface area contributed by atoms with Crippen LogP contribution in [0.3, 0.4) is 0 Å². The number of carbonyl (C=O) groups excluding carboxylic acids is 1. The second kappa shape index (κ2) is 6.39. The molecule has 0 aromatic carbocycles. The highest BCUT2D eigenvalue weighted by molar-refractivity contribution is 5.75. The summed E-state index contributed by atoms with van der Waals surface area (Å²) >= 11 is 0. The van der Waals surface area contributed by atoms with E-state index < -0.39 is 37.3 Å². The smallest absolute Gasteiger partial charge is 0.173 e. The van der Waals surface area contributed by atoms with Crippen molar-refractivity contribution >= 4 is 5.78 Å². The maximum Gasteiger partial charge on any atom is 0.173 e. The maximum atomic E-state index is 10.7. The lowest BCUT2D eigenvalue weighted by Gasteiger charge is -2.40. The van der Waals surface area contributed by atoms with Crippen LogP contribution in [0.25, 0.3) is 0 Å². The molecule has 1 saturated heterocycles. The highest BCUT2D eigenvalue weighted by atomic mass is 16.6. The molecule has 0 aromatic heterocycles. The van der Waals surface area contributed by atoms with Crippen LogP contribution in [0.15, 0.2) is 0 Å². The number of ether oxygens (including phenoxy) is 1. The Morgan fingerprint density at radius 1 is 1.29 bits per heavy atom. The van der Waals surface area contributed by atoms with Crippen LogP contribution in [0.2, 0.25) is 0 Å². The molecule has 0 saturated carbocycles. The quantitative estimate of drug-likeness (QED) is 0.361. The maximum absolute atomic E-state index is 10.7. The third-order valence-electron chi connectivity index (χ3n) is 2.76. The van der Waals surface area contributed by atoms with Crippen molar-refractivity contribution in [2.75, 3.05) is 13.2 Å². The summed E-state index contributed by atoms with van der Waals surface area (Å²) in [5.74, 6) is -0.0213. The van der Waals surface area contributed by atoms with E-state index in [4.69, 9.17) is 9.84 Å². The summed E-state index contributed by atoms with van der Waals surface area (Å²) in [4.78, 5) is 10.7. The molecule has 0 bridgehead atoms. The molecule has 0 aliphatic carbocycles. The average Bonchev–Trinajstić information content (AvgIpc) is 2.27. The van der Waals surface area contributed by atoms with Crippen LogP contribution in [0.1, 0.15) is 13.3 Å². The first kappa shape index (κ1) is 14.5. The van der Waals surface area contributed by atoms with Crippen molar-refractivity contribution in [3.8, 4) is 0 Å². The summed E-state index contributed by atoms with van der Waals surface area (Å²) in [6.45, 7) is 1.21. The molecule has 17 heavy (non-hydrogen) atoms. The van der Waals surface area contributed by atoms with Gasteiger partial charge in [-0.15, -0.1) is 0 Å². The minimum atomic E-state index is -1.34. The molecular formula is C10H19NO6. The third kappa shape index (κ3) is 3.70. The molecule has 0 spiro atoms. The summed E-state index contributed by atoms with van der Waals surface area (Å²) in [6.07, 6.45) is -4.63. The highest BCUT2D eigenvalue weighted by Crippen LogP contribution is 2.19. The van der Waals surface area contributed by atoms with Crippen LogP contribution in [0.5, 0.6) is 0 Å². The van der Waals surface area contributed by atoms with Crippen LogP contribution >= 0.6 is 0 Å². The van der Waals surface area contributed by atoms with Crippen molar-refractivity contribution in [2.45, 2.75) is 44.0 Å². The van der Waals surface area contributed by atoms with E-state index in [1.165, 1.54) is 6.92 Å². The molecule has 100 valence electrons.